The summed E-state index contributed by atoms with van der Waals surface area (Å²) in [7, 11) is 0. The van der Waals surface area contributed by atoms with Crippen LogP contribution in [0.3, 0.4) is 0 Å². The molecule has 6 aromatic carbocycles. The van der Waals surface area contributed by atoms with Crippen LogP contribution < -0.4 is 0 Å². The predicted molar refractivity (Wildman–Crippen MR) is 430 cm³/mol. The van der Waals surface area contributed by atoms with Gasteiger partial charge in [-0.05, 0) is 148 Å². The van der Waals surface area contributed by atoms with Gasteiger partial charge in [-0.1, -0.05) is 173 Å². The van der Waals surface area contributed by atoms with Crippen molar-refractivity contribution >= 4 is 66.2 Å². The second kappa shape index (κ2) is 40.0. The molecule has 0 N–H and O–H groups in total. The van der Waals surface area contributed by atoms with Gasteiger partial charge in [-0.3, -0.25) is 62.4 Å². The number of nitriles is 5. The Hall–Kier alpha value is -10.4. The Morgan fingerprint density at radius 2 is 1.03 bits per heavy atom. The monoisotopic (exact) mass is 2480 g/mol. The predicted octanol–water partition coefficient (Wildman–Crippen LogP) is 20.9. The molecule has 19 nitrogen and oxygen atoms in total. The van der Waals surface area contributed by atoms with Crippen molar-refractivity contribution in [1.29, 1.82) is 26.3 Å². The molecule has 0 unspecified atom stereocenters. The van der Waals surface area contributed by atoms with Crippen LogP contribution in [0, 0.1) is 153 Å². The van der Waals surface area contributed by atoms with Crippen molar-refractivity contribution < 1.29 is 114 Å². The molecule has 5 radical (unpaired) electrons. The minimum atomic E-state index is -0.382. The number of imidazole rings is 3. The van der Waals surface area contributed by atoms with Gasteiger partial charge in [0, 0.05) is 172 Å². The molecule has 0 fully saturated rings. The summed E-state index contributed by atoms with van der Waals surface area (Å²) in [5, 5.41) is 74.3. The van der Waals surface area contributed by atoms with E-state index in [1.807, 2.05) is 87.7 Å². The molecule has 0 spiro atoms. The van der Waals surface area contributed by atoms with Crippen molar-refractivity contribution in [3.05, 3.63) is 293 Å². The number of aryl methyl sites for hydroxylation is 9. The summed E-state index contributed by atoms with van der Waals surface area (Å²) in [6, 6.07) is 52.5. The van der Waals surface area contributed by atoms with Gasteiger partial charge in [-0.25, -0.2) is 4.98 Å². The van der Waals surface area contributed by atoms with E-state index in [9.17, 15) is 20.2 Å². The SMILES string of the molecule is CC(C)c1cccc(C(C)C)c1-c1cc(C#N)nn1-c1[c-]scc1F.Cc1cc(C)c(-n2cc(C#N)nc2-c2[c-]sc3ccccc23)c(C)c1.Cc1cc(C)c(-n2cc(C#N)nc2-c2[c-]scc2)c(C)c1.Cc1cc(C)c(-n2cc(C#N)nc2-n2[c-]c3ccoc3n2)c(C)c1.N#Cc1ccn(-c2[c-]oc3ccccc23)n1.[Ir].[Ir].[Ir].[Ir].[Ir]. The van der Waals surface area contributed by atoms with Crippen LogP contribution in [-0.4, -0.2) is 58.0 Å². The maximum atomic E-state index is 14.2. The van der Waals surface area contributed by atoms with Crippen LogP contribution >= 0.6 is 34.0 Å². The summed E-state index contributed by atoms with van der Waals surface area (Å²) >= 11 is 4.24. The first-order valence-electron chi connectivity index (χ1n) is 35.1. The molecule has 116 heavy (non-hydrogen) atoms. The number of rotatable bonds is 11. The van der Waals surface area contributed by atoms with Gasteiger partial charge in [0.05, 0.1) is 17.3 Å². The molecule has 0 bridgehead atoms. The van der Waals surface area contributed by atoms with E-state index in [1.165, 1.54) is 69.7 Å². The normalized spacial score (nSPS) is 10.4. The number of hydrogen-bond acceptors (Lipinski definition) is 16. The number of benzene rings is 6. The molecule has 0 amide bonds. The van der Waals surface area contributed by atoms with E-state index in [2.05, 4.69) is 226 Å². The van der Waals surface area contributed by atoms with Gasteiger partial charge in [-0.2, -0.15) is 47.7 Å². The zero-order chi connectivity index (χ0) is 78.5. The number of furan rings is 2. The minimum absolute atomic E-state index is 0. The van der Waals surface area contributed by atoms with E-state index in [4.69, 9.17) is 19.4 Å². The van der Waals surface area contributed by atoms with Gasteiger partial charge in [-0.15, -0.1) is 39.2 Å². The Morgan fingerprint density at radius 3 is 1.55 bits per heavy atom. The Labute approximate surface area is 750 Å². The maximum Gasteiger partial charge on any atom is 0.163 e. The first-order valence-corrected chi connectivity index (χ1v) is 37.7. The van der Waals surface area contributed by atoms with Crippen LogP contribution in [0.4, 0.5) is 4.39 Å². The third kappa shape index (κ3) is 19.3. The van der Waals surface area contributed by atoms with Gasteiger partial charge in [0.25, 0.3) is 0 Å². The van der Waals surface area contributed by atoms with Crippen LogP contribution in [0.2, 0.25) is 0 Å². The number of nitrogens with zero attached hydrogens (tertiary/aromatic N) is 17. The zero-order valence-electron chi connectivity index (χ0n) is 64.5. The second-order valence-electron chi connectivity index (χ2n) is 27.1. The van der Waals surface area contributed by atoms with Crippen molar-refractivity contribution in [2.75, 3.05) is 0 Å². The maximum absolute atomic E-state index is 14.2. The number of hydrogen-bond donors (Lipinski definition) is 0. The zero-order valence-corrected chi connectivity index (χ0v) is 78.9. The third-order valence-electron chi connectivity index (χ3n) is 18.2. The molecule has 17 aromatic rings. The molecule has 0 aliphatic carbocycles. The van der Waals surface area contributed by atoms with E-state index in [0.717, 1.165) is 112 Å². The fourth-order valence-corrected chi connectivity index (χ4v) is 15.8. The number of aromatic nitrogens is 12. The second-order valence-corrected chi connectivity index (χ2v) is 29.3. The fraction of sp³-hybridized carbons (Fsp3) is 0.170. The fourth-order valence-electron chi connectivity index (χ4n) is 13.8. The topological polar surface area (TPSA) is 252 Å². The molecule has 17 rings (SSSR count). The van der Waals surface area contributed by atoms with E-state index < -0.39 is 0 Å². The summed E-state index contributed by atoms with van der Waals surface area (Å²) in [5.41, 5.74) is 23.7. The Kier molecular flexibility index (Phi) is 31.4. The van der Waals surface area contributed by atoms with Crippen molar-refractivity contribution in [3.8, 4) is 98.8 Å². The number of thiophene rings is 3. The molecule has 0 atom stereocenters. The van der Waals surface area contributed by atoms with E-state index >= 15 is 0 Å². The Bertz CT molecular complexity index is 6440. The number of fused-ring (bicyclic) bond motifs is 3. The van der Waals surface area contributed by atoms with Crippen LogP contribution in [0.25, 0.3) is 101 Å². The molecule has 593 valence electrons. The van der Waals surface area contributed by atoms with Crippen molar-refractivity contribution in [1.82, 2.24) is 58.0 Å². The van der Waals surface area contributed by atoms with Gasteiger partial charge >= 0.3 is 0 Å². The first-order chi connectivity index (χ1) is 53.6. The molecule has 0 aliphatic rings. The molecule has 11 heterocycles. The van der Waals surface area contributed by atoms with E-state index in [-0.39, 0.29) is 118 Å². The van der Waals surface area contributed by atoms with Gasteiger partial charge in [0.2, 0.25) is 0 Å². The Balaban J connectivity index is 0.000000180. The molecule has 0 aliphatic heterocycles. The van der Waals surface area contributed by atoms with Crippen LogP contribution in [0.15, 0.2) is 178 Å². The van der Waals surface area contributed by atoms with Gasteiger partial charge in [0.15, 0.2) is 23.0 Å². The van der Waals surface area contributed by atoms with Crippen LogP contribution in [-0.2, 0) is 101 Å². The van der Waals surface area contributed by atoms with Crippen LogP contribution in [0.5, 0.6) is 0 Å². The summed E-state index contributed by atoms with van der Waals surface area (Å²) < 4.78 is 36.5. The number of para-hydroxylation sites is 1. The van der Waals surface area contributed by atoms with Crippen molar-refractivity contribution in [2.24, 2.45) is 0 Å². The standard InChI is InChI=1S/C21H16N3S.C20H19FN3S.C18H14N5O.C17H14N3S.C12H6N3O.5Ir/c1-13-8-14(2)20(15(3)9-13)24-11-16(10-22)23-21(24)18-12-25-19-7-5-4-6-17(18)19;1-12(2)15-6-5-7-16(13(3)4)20(15)18-8-14(9-22)23-24(18)19-11-25-10-17(19)21;1-11-6-12(2)16(13(3)7-11)22-10-15(8-19)20-18(22)23-9-14-4-5-24-17(14)21-23;1-11-6-12(2)16(13(3)7-11)20-9-15(8-18)19-17(20)14-4-5-21-10-14;13-7-9-5-6-15(14-9)11-8-16-12-4-2-1-3-10(11)12;;;;;/h4-9,11H,1-3H3;5-8,10,12-13H,1-4H3;4-7,10H,1-3H3;4-7,9H,1-3H3;1-6H;;;;;/q5*-1;;;;;. The molecule has 11 aromatic heterocycles. The smallest absolute Gasteiger partial charge is 0.163 e. The summed E-state index contributed by atoms with van der Waals surface area (Å²) in [5.74, 6) is 2.24. The van der Waals surface area contributed by atoms with Crippen molar-refractivity contribution in [3.63, 3.8) is 0 Å². The summed E-state index contributed by atoms with van der Waals surface area (Å²) in [6.45, 7) is 27.2. The average Bonchev–Trinajstić information content (AvgIpc) is 1.68. The third-order valence-corrected chi connectivity index (χ3v) is 20.3. The molecule has 0 saturated heterocycles. The molecular weight excluding hydrogens is 2400 g/mol. The molecule has 28 heteroatoms. The Morgan fingerprint density at radius 1 is 0.500 bits per heavy atom. The molecular formula is C88H69FIr5N17O2S3-5. The quantitative estimate of drug-likeness (QED) is 0.109. The van der Waals surface area contributed by atoms with Crippen LogP contribution in [0.1, 0.15) is 129 Å². The largest absolute Gasteiger partial charge is 0.589 e. The van der Waals surface area contributed by atoms with Gasteiger partial charge in [0.1, 0.15) is 47.4 Å². The van der Waals surface area contributed by atoms with Gasteiger partial charge < -0.3 is 22.5 Å². The number of halogens is 1. The first kappa shape index (κ1) is 91.2. The van der Waals surface area contributed by atoms with E-state index in [1.54, 1.807) is 59.1 Å². The van der Waals surface area contributed by atoms with E-state index in [0.29, 0.717) is 46.3 Å². The van der Waals surface area contributed by atoms with Crippen molar-refractivity contribution in [2.45, 2.75) is 102 Å². The molecule has 0 saturated carbocycles. The minimum Gasteiger partial charge on any atom is -0.589 e. The average molecular weight is 2470 g/mol. The summed E-state index contributed by atoms with van der Waals surface area (Å²) in [6.07, 6.45) is 14.5. The summed E-state index contributed by atoms with van der Waals surface area (Å²) in [4.78, 5) is 13.4.